The fourth-order valence-corrected chi connectivity index (χ4v) is 4.19. The van der Waals surface area contributed by atoms with Gasteiger partial charge in [0.25, 0.3) is 0 Å². The van der Waals surface area contributed by atoms with Crippen LogP contribution in [0, 0.1) is 6.92 Å². The molecule has 0 fully saturated rings. The molecule has 13 heteroatoms. The molecule has 0 bridgehead atoms. The van der Waals surface area contributed by atoms with Crippen LogP contribution in [-0.4, -0.2) is 52.0 Å². The molecule has 0 saturated carbocycles. The number of benzene rings is 1. The van der Waals surface area contributed by atoms with E-state index >= 15 is 0 Å². The fraction of sp³-hybridized carbons (Fsp3) is 0.250. The van der Waals surface area contributed by atoms with Crippen molar-refractivity contribution in [3.05, 3.63) is 65.2 Å². The van der Waals surface area contributed by atoms with Gasteiger partial charge in [-0.25, -0.2) is 14.3 Å². The third kappa shape index (κ3) is 4.21. The topological polar surface area (TPSA) is 113 Å². The number of rotatable bonds is 5. The van der Waals surface area contributed by atoms with Crippen LogP contribution >= 0.6 is 0 Å². The second-order valence-corrected chi connectivity index (χ2v) is 8.63. The molecule has 4 aromatic heterocycles. The Kier molecular flexibility index (Phi) is 5.77. The lowest BCUT2D eigenvalue weighted by Gasteiger charge is -2.17. The Labute approximate surface area is 207 Å². The summed E-state index contributed by atoms with van der Waals surface area (Å²) in [5.41, 5.74) is 2.99. The van der Waals surface area contributed by atoms with Crippen molar-refractivity contribution in [2.45, 2.75) is 32.6 Å². The molecular weight excluding hydrogens is 489 g/mol. The number of aryl methyl sites for hydroxylation is 2. The first-order chi connectivity index (χ1) is 17.6. The predicted octanol–water partition coefficient (Wildman–Crippen LogP) is 2.91. The second-order valence-electron chi connectivity index (χ2n) is 8.63. The van der Waals surface area contributed by atoms with Crippen LogP contribution in [0.25, 0.3) is 39.0 Å². The number of halogens is 3. The van der Waals surface area contributed by atoms with E-state index in [4.69, 9.17) is 0 Å². The van der Waals surface area contributed by atoms with Gasteiger partial charge in [-0.3, -0.25) is 24.0 Å². The molecule has 5 aromatic rings. The SMILES string of the molecule is Cc1cccc2c1n(-c1cnc(-c3cncc4c3cnn4C)cn1)c(=O)n2CC(=O)N[C@H](C)C(F)(F)F. The lowest BCUT2D eigenvalue weighted by Crippen LogP contribution is -2.45. The van der Waals surface area contributed by atoms with E-state index in [-0.39, 0.29) is 5.82 Å². The number of nitrogens with zero attached hydrogens (tertiary/aromatic N) is 7. The van der Waals surface area contributed by atoms with Crippen molar-refractivity contribution in [2.24, 2.45) is 7.05 Å². The van der Waals surface area contributed by atoms with E-state index in [2.05, 4.69) is 20.1 Å². The second kappa shape index (κ2) is 8.84. The van der Waals surface area contributed by atoms with Gasteiger partial charge in [-0.2, -0.15) is 18.3 Å². The minimum absolute atomic E-state index is 0.196. The van der Waals surface area contributed by atoms with E-state index in [9.17, 15) is 22.8 Å². The smallest absolute Gasteiger partial charge is 0.343 e. The van der Waals surface area contributed by atoms with Crippen LogP contribution in [0.2, 0.25) is 0 Å². The molecule has 0 aliphatic carbocycles. The van der Waals surface area contributed by atoms with E-state index in [1.165, 1.54) is 17.0 Å². The zero-order valence-corrected chi connectivity index (χ0v) is 20.0. The first-order valence-electron chi connectivity index (χ1n) is 11.2. The summed E-state index contributed by atoms with van der Waals surface area (Å²) in [5, 5.41) is 6.97. The Hall–Kier alpha value is -4.55. The Morgan fingerprint density at radius 2 is 1.86 bits per heavy atom. The summed E-state index contributed by atoms with van der Waals surface area (Å²) in [5.74, 6) is -0.742. The van der Waals surface area contributed by atoms with Crippen molar-refractivity contribution in [2.75, 3.05) is 0 Å². The van der Waals surface area contributed by atoms with E-state index in [0.717, 1.165) is 22.4 Å². The Balaban J connectivity index is 1.56. The number of carbonyl (C=O) groups is 1. The van der Waals surface area contributed by atoms with E-state index in [1.54, 1.807) is 55.4 Å². The molecule has 0 unspecified atom stereocenters. The van der Waals surface area contributed by atoms with Crippen LogP contribution in [0.3, 0.4) is 0 Å². The number of carbonyl (C=O) groups excluding carboxylic acids is 1. The number of hydrogen-bond acceptors (Lipinski definition) is 6. The molecule has 0 aliphatic heterocycles. The van der Waals surface area contributed by atoms with Gasteiger partial charge in [0.2, 0.25) is 5.91 Å². The van der Waals surface area contributed by atoms with Crippen LogP contribution in [0.5, 0.6) is 0 Å². The molecule has 1 aromatic carbocycles. The Bertz CT molecular complexity index is 1700. The molecule has 0 spiro atoms. The highest BCUT2D eigenvalue weighted by Crippen LogP contribution is 2.26. The van der Waals surface area contributed by atoms with Crippen LogP contribution < -0.4 is 11.0 Å². The molecule has 37 heavy (non-hydrogen) atoms. The molecule has 5 rings (SSSR count). The van der Waals surface area contributed by atoms with Crippen molar-refractivity contribution < 1.29 is 18.0 Å². The van der Waals surface area contributed by atoms with Gasteiger partial charge in [0.1, 0.15) is 12.6 Å². The van der Waals surface area contributed by atoms with Gasteiger partial charge < -0.3 is 5.32 Å². The highest BCUT2D eigenvalue weighted by molar-refractivity contribution is 5.92. The quantitative estimate of drug-likeness (QED) is 0.389. The summed E-state index contributed by atoms with van der Waals surface area (Å²) in [4.78, 5) is 39.0. The van der Waals surface area contributed by atoms with Crippen LogP contribution in [-0.2, 0) is 18.4 Å². The number of amides is 1. The minimum Gasteiger partial charge on any atom is -0.343 e. The maximum Gasteiger partial charge on any atom is 0.408 e. The highest BCUT2D eigenvalue weighted by Gasteiger charge is 2.37. The summed E-state index contributed by atoms with van der Waals surface area (Å²) in [6.07, 6.45) is 3.37. The third-order valence-corrected chi connectivity index (χ3v) is 6.14. The number of imidazole rings is 1. The average Bonchev–Trinajstić information content (AvgIpc) is 3.37. The molecule has 0 saturated heterocycles. The van der Waals surface area contributed by atoms with Crippen molar-refractivity contribution in [1.29, 1.82) is 0 Å². The molecule has 1 N–H and O–H groups in total. The normalized spacial score (nSPS) is 12.8. The molecule has 0 radical (unpaired) electrons. The van der Waals surface area contributed by atoms with Gasteiger partial charge in [0.05, 0.1) is 47.0 Å². The van der Waals surface area contributed by atoms with Crippen molar-refractivity contribution >= 4 is 27.8 Å². The largest absolute Gasteiger partial charge is 0.408 e. The monoisotopic (exact) mass is 510 g/mol. The Morgan fingerprint density at radius 1 is 1.08 bits per heavy atom. The third-order valence-electron chi connectivity index (χ3n) is 6.14. The minimum atomic E-state index is -4.60. The van der Waals surface area contributed by atoms with Crippen LogP contribution in [0.4, 0.5) is 13.2 Å². The fourth-order valence-electron chi connectivity index (χ4n) is 4.19. The standard InChI is InChI=1S/C24H21F3N8O2/c1-13-5-4-6-18-22(13)35(23(37)34(18)12-21(36)32-14(2)24(25,26)27)20-11-29-17(9-30-20)15-7-28-10-19-16(15)8-31-33(19)3/h4-11,14H,12H2,1-3H3,(H,32,36)/t14-/m1/s1. The zero-order valence-electron chi connectivity index (χ0n) is 20.0. The van der Waals surface area contributed by atoms with E-state index in [1.807, 2.05) is 5.32 Å². The molecule has 1 amide bonds. The number of nitrogens with one attached hydrogen (secondary N) is 1. The lowest BCUT2D eigenvalue weighted by atomic mass is 10.1. The molecule has 190 valence electrons. The first kappa shape index (κ1) is 24.2. The van der Waals surface area contributed by atoms with E-state index in [0.29, 0.717) is 27.9 Å². The van der Waals surface area contributed by atoms with Gasteiger partial charge in [0.15, 0.2) is 5.82 Å². The first-order valence-corrected chi connectivity index (χ1v) is 11.2. The number of pyridine rings is 1. The van der Waals surface area contributed by atoms with Crippen molar-refractivity contribution in [3.8, 4) is 17.1 Å². The summed E-state index contributed by atoms with van der Waals surface area (Å²) in [6, 6.07) is 3.05. The number of hydrogen-bond donors (Lipinski definition) is 1. The molecule has 4 heterocycles. The van der Waals surface area contributed by atoms with Gasteiger partial charge in [-0.1, -0.05) is 12.1 Å². The predicted molar refractivity (Wildman–Crippen MR) is 129 cm³/mol. The van der Waals surface area contributed by atoms with Crippen molar-refractivity contribution in [3.63, 3.8) is 0 Å². The average molecular weight is 510 g/mol. The molecular formula is C24H21F3N8O2. The maximum atomic E-state index is 13.4. The summed E-state index contributed by atoms with van der Waals surface area (Å²) in [7, 11) is 1.80. The number of alkyl halides is 3. The number of aromatic nitrogens is 7. The van der Waals surface area contributed by atoms with Gasteiger partial charge in [-0.15, -0.1) is 0 Å². The molecule has 1 atom stereocenters. The van der Waals surface area contributed by atoms with Gasteiger partial charge in [0, 0.05) is 24.2 Å². The maximum absolute atomic E-state index is 13.4. The number of para-hydroxylation sites is 1. The number of fused-ring (bicyclic) bond motifs is 2. The lowest BCUT2D eigenvalue weighted by molar-refractivity contribution is -0.158. The van der Waals surface area contributed by atoms with Crippen LogP contribution in [0.1, 0.15) is 12.5 Å². The van der Waals surface area contributed by atoms with Crippen LogP contribution in [0.15, 0.2) is 54.0 Å². The van der Waals surface area contributed by atoms with Crippen molar-refractivity contribution in [1.82, 2.24) is 39.2 Å². The zero-order chi connectivity index (χ0) is 26.5. The summed E-state index contributed by atoms with van der Waals surface area (Å²) in [6.45, 7) is 2.03. The van der Waals surface area contributed by atoms with Gasteiger partial charge >= 0.3 is 11.9 Å². The molecule has 10 nitrogen and oxygen atoms in total. The van der Waals surface area contributed by atoms with Gasteiger partial charge in [-0.05, 0) is 25.5 Å². The Morgan fingerprint density at radius 3 is 2.57 bits per heavy atom. The summed E-state index contributed by atoms with van der Waals surface area (Å²) >= 11 is 0. The van der Waals surface area contributed by atoms with E-state index < -0.39 is 30.4 Å². The molecule has 0 aliphatic rings. The highest BCUT2D eigenvalue weighted by atomic mass is 19.4. The summed E-state index contributed by atoms with van der Waals surface area (Å²) < 4.78 is 42.8.